The summed E-state index contributed by atoms with van der Waals surface area (Å²) in [6.07, 6.45) is -4.61. The molecule has 0 amide bonds. The lowest BCUT2D eigenvalue weighted by atomic mass is 10.3. The van der Waals surface area contributed by atoms with E-state index in [1.807, 2.05) is 0 Å². The van der Waals surface area contributed by atoms with Crippen LogP contribution >= 0.6 is 0 Å². The molecule has 1 rings (SSSR count). The second-order valence-electron chi connectivity index (χ2n) is 3.50. The molecule has 0 aliphatic carbocycles. The number of nitrogens with two attached hydrogens (primary N) is 1. The second-order valence-corrected chi connectivity index (χ2v) is 3.50. The lowest BCUT2D eigenvalue weighted by molar-refractivity contribution is -0.144. The Morgan fingerprint density at radius 2 is 2.12 bits per heavy atom. The summed E-state index contributed by atoms with van der Waals surface area (Å²) in [4.78, 5) is 6.47. The summed E-state index contributed by atoms with van der Waals surface area (Å²) in [6, 6.07) is 1.05. The number of alkyl halides is 3. The lowest BCUT2D eigenvalue weighted by Crippen LogP contribution is -2.23. The average Bonchev–Trinajstić information content (AvgIpc) is 2.15. The number of rotatable bonds is 4. The van der Waals surface area contributed by atoms with E-state index in [1.165, 1.54) is 13.2 Å². The van der Waals surface area contributed by atoms with Crippen LogP contribution in [0, 0.1) is 0 Å². The van der Waals surface area contributed by atoms with E-state index in [1.54, 1.807) is 6.92 Å². The van der Waals surface area contributed by atoms with Crippen molar-refractivity contribution in [2.75, 3.05) is 24.8 Å². The number of anilines is 2. The van der Waals surface area contributed by atoms with Crippen LogP contribution in [-0.4, -0.2) is 29.7 Å². The topological polar surface area (TPSA) is 73.1 Å². The first-order valence-electron chi connectivity index (χ1n) is 4.80. The van der Waals surface area contributed by atoms with Gasteiger partial charge in [0.25, 0.3) is 0 Å². The van der Waals surface area contributed by atoms with Gasteiger partial charge in [-0.2, -0.15) is 13.2 Å². The van der Waals surface area contributed by atoms with Crippen LogP contribution in [-0.2, 0) is 10.9 Å². The van der Waals surface area contributed by atoms with Crippen molar-refractivity contribution in [2.45, 2.75) is 19.1 Å². The number of methoxy groups -OCH3 is 1. The van der Waals surface area contributed by atoms with Crippen molar-refractivity contribution < 1.29 is 17.9 Å². The molecule has 5 nitrogen and oxygen atoms in total. The highest BCUT2D eigenvalue weighted by atomic mass is 19.4. The smallest absolute Gasteiger partial charge is 0.384 e. The normalized spacial score (nSPS) is 13.5. The summed E-state index contributed by atoms with van der Waals surface area (Å²) >= 11 is 0. The predicted octanol–water partition coefficient (Wildman–Crippen LogP) is 1.52. The van der Waals surface area contributed by atoms with Crippen molar-refractivity contribution in [1.82, 2.24) is 9.97 Å². The summed E-state index contributed by atoms with van der Waals surface area (Å²) < 4.78 is 42.0. The molecule has 0 saturated carbocycles. The van der Waals surface area contributed by atoms with Gasteiger partial charge in [0.05, 0.1) is 6.61 Å². The number of aromatic nitrogens is 2. The molecule has 0 spiro atoms. The zero-order valence-electron chi connectivity index (χ0n) is 9.38. The fourth-order valence-electron chi connectivity index (χ4n) is 1.21. The lowest BCUT2D eigenvalue weighted by Gasteiger charge is -2.14. The van der Waals surface area contributed by atoms with Gasteiger partial charge in [0.15, 0.2) is 0 Å². The van der Waals surface area contributed by atoms with Gasteiger partial charge in [-0.15, -0.1) is 0 Å². The van der Waals surface area contributed by atoms with Crippen LogP contribution in [0.4, 0.5) is 24.8 Å². The molecular formula is C9H13F3N4O. The van der Waals surface area contributed by atoms with Crippen LogP contribution in [0.25, 0.3) is 0 Å². The average molecular weight is 250 g/mol. The van der Waals surface area contributed by atoms with Crippen LogP contribution in [0.3, 0.4) is 0 Å². The highest BCUT2D eigenvalue weighted by Crippen LogP contribution is 2.27. The first kappa shape index (κ1) is 13.5. The third kappa shape index (κ3) is 4.06. The largest absolute Gasteiger partial charge is 0.451 e. The summed E-state index contributed by atoms with van der Waals surface area (Å²) in [5.41, 5.74) is 5.28. The summed E-state index contributed by atoms with van der Waals surface area (Å²) in [7, 11) is 1.49. The molecule has 1 atom stereocenters. The number of ether oxygens (including phenoxy) is 1. The van der Waals surface area contributed by atoms with Crippen molar-refractivity contribution in [2.24, 2.45) is 0 Å². The number of hydrogen-bond donors (Lipinski definition) is 2. The van der Waals surface area contributed by atoms with Crippen LogP contribution < -0.4 is 11.1 Å². The minimum atomic E-state index is -4.61. The zero-order chi connectivity index (χ0) is 13.1. The first-order chi connectivity index (χ1) is 7.82. The van der Waals surface area contributed by atoms with E-state index >= 15 is 0 Å². The van der Waals surface area contributed by atoms with E-state index in [0.717, 1.165) is 0 Å². The molecule has 0 aromatic carbocycles. The highest BCUT2D eigenvalue weighted by Gasteiger charge is 2.35. The van der Waals surface area contributed by atoms with Crippen LogP contribution in [0.1, 0.15) is 12.7 Å². The number of halogens is 3. The molecule has 3 N–H and O–H groups in total. The number of nitrogens with one attached hydrogen (secondary N) is 1. The molecule has 1 aromatic heterocycles. The van der Waals surface area contributed by atoms with Crippen molar-refractivity contribution in [1.29, 1.82) is 0 Å². The van der Waals surface area contributed by atoms with Gasteiger partial charge in [0, 0.05) is 19.2 Å². The quantitative estimate of drug-likeness (QED) is 0.847. The second kappa shape index (κ2) is 5.17. The number of nitrogens with zero attached hydrogens (tertiary/aromatic N) is 2. The maximum atomic E-state index is 12.4. The van der Waals surface area contributed by atoms with E-state index in [2.05, 4.69) is 15.3 Å². The summed E-state index contributed by atoms with van der Waals surface area (Å²) in [5, 5.41) is 2.74. The van der Waals surface area contributed by atoms with Crippen molar-refractivity contribution in [3.8, 4) is 0 Å². The van der Waals surface area contributed by atoms with Gasteiger partial charge < -0.3 is 15.8 Å². The van der Waals surface area contributed by atoms with E-state index < -0.39 is 12.0 Å². The number of nitrogen functional groups attached to an aromatic ring is 1. The standard InChI is InChI=1S/C9H13F3N4O/c1-5(4-17-2)14-7-3-6(13)15-8(16-7)9(10,11)12/h3,5H,4H2,1-2H3,(H3,13,14,15,16). The molecule has 1 unspecified atom stereocenters. The van der Waals surface area contributed by atoms with Crippen LogP contribution in [0.5, 0.6) is 0 Å². The monoisotopic (exact) mass is 250 g/mol. The van der Waals surface area contributed by atoms with E-state index in [0.29, 0.717) is 6.61 Å². The molecule has 0 saturated heterocycles. The van der Waals surface area contributed by atoms with Crippen molar-refractivity contribution in [3.05, 3.63) is 11.9 Å². The summed E-state index contributed by atoms with van der Waals surface area (Å²) in [6.45, 7) is 2.08. The van der Waals surface area contributed by atoms with Gasteiger partial charge in [-0.1, -0.05) is 0 Å². The van der Waals surface area contributed by atoms with Crippen molar-refractivity contribution in [3.63, 3.8) is 0 Å². The predicted molar refractivity (Wildman–Crippen MR) is 56.4 cm³/mol. The maximum Gasteiger partial charge on any atom is 0.451 e. The molecule has 0 aliphatic heterocycles. The molecule has 1 heterocycles. The molecule has 0 radical (unpaired) electrons. The van der Waals surface area contributed by atoms with E-state index in [9.17, 15) is 13.2 Å². The Bertz CT molecular complexity index is 383. The Hall–Kier alpha value is -1.57. The van der Waals surface area contributed by atoms with Gasteiger partial charge in [-0.3, -0.25) is 0 Å². The highest BCUT2D eigenvalue weighted by molar-refractivity contribution is 5.45. The van der Waals surface area contributed by atoms with Gasteiger partial charge in [-0.05, 0) is 6.92 Å². The van der Waals surface area contributed by atoms with Crippen LogP contribution in [0.2, 0.25) is 0 Å². The Kier molecular flexibility index (Phi) is 4.11. The molecule has 0 aliphatic rings. The van der Waals surface area contributed by atoms with Gasteiger partial charge in [-0.25, -0.2) is 9.97 Å². The first-order valence-corrected chi connectivity index (χ1v) is 4.80. The fraction of sp³-hybridized carbons (Fsp3) is 0.556. The van der Waals surface area contributed by atoms with Crippen molar-refractivity contribution >= 4 is 11.6 Å². The SMILES string of the molecule is COCC(C)Nc1cc(N)nc(C(F)(F)F)n1. The number of hydrogen-bond acceptors (Lipinski definition) is 5. The molecule has 0 fully saturated rings. The van der Waals surface area contributed by atoms with Gasteiger partial charge >= 0.3 is 6.18 Å². The Balaban J connectivity index is 2.90. The molecule has 1 aromatic rings. The Labute approximate surface area is 96.2 Å². The Morgan fingerprint density at radius 1 is 1.47 bits per heavy atom. The molecule has 8 heteroatoms. The third-order valence-electron chi connectivity index (χ3n) is 1.81. The molecule has 96 valence electrons. The molecule has 17 heavy (non-hydrogen) atoms. The minimum absolute atomic E-state index is 0.0226. The van der Waals surface area contributed by atoms with Gasteiger partial charge in [0.1, 0.15) is 11.6 Å². The van der Waals surface area contributed by atoms with Crippen LogP contribution in [0.15, 0.2) is 6.07 Å². The molecular weight excluding hydrogens is 237 g/mol. The minimum Gasteiger partial charge on any atom is -0.384 e. The fourth-order valence-corrected chi connectivity index (χ4v) is 1.21. The van der Waals surface area contributed by atoms with Gasteiger partial charge in [0.2, 0.25) is 5.82 Å². The Morgan fingerprint density at radius 3 is 2.65 bits per heavy atom. The van der Waals surface area contributed by atoms with E-state index in [4.69, 9.17) is 10.5 Å². The zero-order valence-corrected chi connectivity index (χ0v) is 9.38. The third-order valence-corrected chi connectivity index (χ3v) is 1.81. The molecule has 0 bridgehead atoms. The maximum absolute atomic E-state index is 12.4. The summed E-state index contributed by atoms with van der Waals surface area (Å²) in [5.74, 6) is -1.47. The van der Waals surface area contributed by atoms with E-state index in [-0.39, 0.29) is 17.7 Å².